The summed E-state index contributed by atoms with van der Waals surface area (Å²) in [5.74, 6) is 0.886. The maximum absolute atomic E-state index is 14.2. The molecular formula is C34H38N4O2. The topological polar surface area (TPSA) is 69.3 Å². The second-order valence-electron chi connectivity index (χ2n) is 11.6. The molecule has 0 spiro atoms. The van der Waals surface area contributed by atoms with Crippen LogP contribution in [0.5, 0.6) is 0 Å². The van der Waals surface area contributed by atoms with E-state index in [-0.39, 0.29) is 11.7 Å². The number of aromatic nitrogens is 2. The third-order valence-electron chi connectivity index (χ3n) is 8.91. The summed E-state index contributed by atoms with van der Waals surface area (Å²) in [5.41, 5.74) is 3.76. The van der Waals surface area contributed by atoms with Gasteiger partial charge in [-0.1, -0.05) is 72.8 Å². The minimum atomic E-state index is -0.394. The number of benzene rings is 3. The zero-order chi connectivity index (χ0) is 27.4. The summed E-state index contributed by atoms with van der Waals surface area (Å²) in [6.45, 7) is 4.12. The summed E-state index contributed by atoms with van der Waals surface area (Å²) < 4.78 is 0. The molecule has 40 heavy (non-hydrogen) atoms. The molecule has 2 fully saturated rings. The van der Waals surface area contributed by atoms with E-state index in [0.29, 0.717) is 18.3 Å². The summed E-state index contributed by atoms with van der Waals surface area (Å²) in [6, 6.07) is 28.6. The van der Waals surface area contributed by atoms with Crippen LogP contribution in [-0.2, 0) is 17.8 Å². The number of hydrogen-bond acceptors (Lipinski definition) is 4. The molecule has 0 bridgehead atoms. The average molecular weight is 535 g/mol. The van der Waals surface area contributed by atoms with Crippen LogP contribution in [0, 0.1) is 11.3 Å². The normalized spacial score (nSPS) is 20.7. The lowest BCUT2D eigenvalue weighted by atomic mass is 9.71. The molecule has 4 aromatic rings. The van der Waals surface area contributed by atoms with Crippen LogP contribution in [0.15, 0.2) is 84.9 Å². The molecule has 1 amide bonds. The predicted octanol–water partition coefficient (Wildman–Crippen LogP) is 5.90. The lowest BCUT2D eigenvalue weighted by Crippen LogP contribution is -2.51. The molecular weight excluding hydrogens is 496 g/mol. The lowest BCUT2D eigenvalue weighted by Gasteiger charge is -2.43. The molecule has 0 radical (unpaired) electrons. The number of para-hydroxylation sites is 2. The van der Waals surface area contributed by atoms with Crippen molar-refractivity contribution in [3.05, 3.63) is 102 Å². The van der Waals surface area contributed by atoms with Gasteiger partial charge in [-0.25, -0.2) is 4.98 Å². The third kappa shape index (κ3) is 5.73. The summed E-state index contributed by atoms with van der Waals surface area (Å²) >= 11 is 0. The number of carbonyl (C=O) groups is 2. The molecule has 0 saturated carbocycles. The highest BCUT2D eigenvalue weighted by Gasteiger charge is 2.44. The van der Waals surface area contributed by atoms with E-state index in [2.05, 4.69) is 56.2 Å². The Labute approximate surface area is 236 Å². The zero-order valence-electron chi connectivity index (χ0n) is 23.1. The molecule has 3 aromatic carbocycles. The lowest BCUT2D eigenvalue weighted by molar-refractivity contribution is -0.148. The smallest absolute Gasteiger partial charge is 0.229 e. The van der Waals surface area contributed by atoms with E-state index in [1.807, 2.05) is 48.5 Å². The third-order valence-corrected chi connectivity index (χ3v) is 8.91. The SMILES string of the molecule is O=C(c1nc2ccccc2[nH]1)C1CCN(CCC2(Cc3ccccc3)CCCN(Cc3ccccc3)C2=O)CC1. The molecule has 6 heteroatoms. The van der Waals surface area contributed by atoms with Gasteiger partial charge in [0.1, 0.15) is 0 Å². The average Bonchev–Trinajstić information content (AvgIpc) is 3.44. The number of imidazole rings is 1. The standard InChI is InChI=1S/C34H38N4O2/c39-31(32-35-29-14-7-8-15-30(29)36-32)28-16-21-37(22-17-28)23-19-34(24-26-10-3-1-4-11-26)18-9-20-38(33(34)40)25-27-12-5-2-6-13-27/h1-8,10-15,28H,9,16-25H2,(H,35,36). The zero-order valence-corrected chi connectivity index (χ0v) is 23.1. The molecule has 0 aliphatic carbocycles. The maximum atomic E-state index is 14.2. The fraction of sp³-hybridized carbons (Fsp3) is 0.382. The number of hydrogen-bond donors (Lipinski definition) is 1. The molecule has 6 rings (SSSR count). The van der Waals surface area contributed by atoms with Crippen LogP contribution in [0.3, 0.4) is 0 Å². The maximum Gasteiger partial charge on any atom is 0.229 e. The molecule has 6 nitrogen and oxygen atoms in total. The van der Waals surface area contributed by atoms with Crippen molar-refractivity contribution in [1.82, 2.24) is 19.8 Å². The summed E-state index contributed by atoms with van der Waals surface area (Å²) in [4.78, 5) is 39.6. The van der Waals surface area contributed by atoms with Gasteiger partial charge in [-0.05, 0) is 81.4 Å². The van der Waals surface area contributed by atoms with E-state index in [0.717, 1.165) is 75.7 Å². The first-order valence-corrected chi connectivity index (χ1v) is 14.7. The number of Topliss-reactive ketones (excluding diaryl/α,β-unsaturated/α-hetero) is 1. The highest BCUT2D eigenvalue weighted by atomic mass is 16.2. The quantitative estimate of drug-likeness (QED) is 0.272. The van der Waals surface area contributed by atoms with Crippen molar-refractivity contribution < 1.29 is 9.59 Å². The Bertz CT molecular complexity index is 1410. The second kappa shape index (κ2) is 11.8. The van der Waals surface area contributed by atoms with E-state index in [9.17, 15) is 9.59 Å². The van der Waals surface area contributed by atoms with Crippen LogP contribution < -0.4 is 0 Å². The fourth-order valence-corrected chi connectivity index (χ4v) is 6.63. The number of fused-ring (bicyclic) bond motifs is 1. The monoisotopic (exact) mass is 534 g/mol. The molecule has 3 heterocycles. The van der Waals surface area contributed by atoms with Crippen LogP contribution in [0.4, 0.5) is 0 Å². The van der Waals surface area contributed by atoms with E-state index >= 15 is 0 Å². The van der Waals surface area contributed by atoms with Crippen LogP contribution in [-0.4, -0.2) is 57.6 Å². The Hall–Kier alpha value is -3.77. The van der Waals surface area contributed by atoms with Gasteiger partial charge in [-0.15, -0.1) is 0 Å². The molecule has 1 N–H and O–H groups in total. The highest BCUT2D eigenvalue weighted by Crippen LogP contribution is 2.39. The van der Waals surface area contributed by atoms with Gasteiger partial charge in [0.15, 0.2) is 5.82 Å². The number of amides is 1. The number of aromatic amines is 1. The number of nitrogens with zero attached hydrogens (tertiary/aromatic N) is 3. The van der Waals surface area contributed by atoms with E-state index in [4.69, 9.17) is 0 Å². The van der Waals surface area contributed by atoms with Gasteiger partial charge < -0.3 is 14.8 Å². The Kier molecular flexibility index (Phi) is 7.78. The highest BCUT2D eigenvalue weighted by molar-refractivity contribution is 5.97. The molecule has 2 saturated heterocycles. The molecule has 1 atom stereocenters. The van der Waals surface area contributed by atoms with Crippen molar-refractivity contribution in [3.63, 3.8) is 0 Å². The molecule has 1 aromatic heterocycles. The number of H-pyrrole nitrogens is 1. The van der Waals surface area contributed by atoms with Crippen molar-refractivity contribution >= 4 is 22.7 Å². The largest absolute Gasteiger partial charge is 0.338 e. The summed E-state index contributed by atoms with van der Waals surface area (Å²) in [7, 11) is 0. The number of carbonyl (C=O) groups excluding carboxylic acids is 2. The van der Waals surface area contributed by atoms with Gasteiger partial charge in [0, 0.05) is 19.0 Å². The minimum absolute atomic E-state index is 0.00670. The van der Waals surface area contributed by atoms with E-state index in [1.165, 1.54) is 11.1 Å². The van der Waals surface area contributed by atoms with E-state index in [1.54, 1.807) is 0 Å². The number of nitrogens with one attached hydrogen (secondary N) is 1. The molecule has 2 aliphatic heterocycles. The first-order valence-electron chi connectivity index (χ1n) is 14.7. The predicted molar refractivity (Wildman–Crippen MR) is 158 cm³/mol. The van der Waals surface area contributed by atoms with Crippen LogP contribution in [0.1, 0.15) is 53.8 Å². The molecule has 1 unspecified atom stereocenters. The number of ketones is 1. The minimum Gasteiger partial charge on any atom is -0.338 e. The number of likely N-dealkylation sites (tertiary alicyclic amines) is 2. The Morgan fingerprint density at radius 2 is 1.55 bits per heavy atom. The van der Waals surface area contributed by atoms with Crippen LogP contribution in [0.25, 0.3) is 11.0 Å². The number of rotatable bonds is 9. The van der Waals surface area contributed by atoms with Gasteiger partial charge in [-0.2, -0.15) is 0 Å². The van der Waals surface area contributed by atoms with Gasteiger partial charge in [0.2, 0.25) is 11.7 Å². The second-order valence-corrected chi connectivity index (χ2v) is 11.6. The Balaban J connectivity index is 1.11. The van der Waals surface area contributed by atoms with Crippen molar-refractivity contribution in [3.8, 4) is 0 Å². The van der Waals surface area contributed by atoms with Gasteiger partial charge >= 0.3 is 0 Å². The van der Waals surface area contributed by atoms with Gasteiger partial charge in [0.25, 0.3) is 0 Å². The number of piperidine rings is 2. The fourth-order valence-electron chi connectivity index (χ4n) is 6.63. The first-order chi connectivity index (χ1) is 19.6. The van der Waals surface area contributed by atoms with Crippen molar-refractivity contribution in [2.45, 2.75) is 45.1 Å². The van der Waals surface area contributed by atoms with Gasteiger partial charge in [0.05, 0.1) is 16.4 Å². The van der Waals surface area contributed by atoms with Crippen molar-refractivity contribution in [2.75, 3.05) is 26.2 Å². The van der Waals surface area contributed by atoms with Crippen molar-refractivity contribution in [2.24, 2.45) is 11.3 Å². The van der Waals surface area contributed by atoms with Crippen LogP contribution in [0.2, 0.25) is 0 Å². The van der Waals surface area contributed by atoms with E-state index < -0.39 is 5.41 Å². The summed E-state index contributed by atoms with van der Waals surface area (Å²) in [5, 5.41) is 0. The van der Waals surface area contributed by atoms with Crippen LogP contribution >= 0.6 is 0 Å². The molecule has 206 valence electrons. The Morgan fingerprint density at radius 3 is 2.27 bits per heavy atom. The first kappa shape index (κ1) is 26.5. The summed E-state index contributed by atoms with van der Waals surface area (Å²) in [6.07, 6.45) is 5.23. The Morgan fingerprint density at radius 1 is 0.875 bits per heavy atom. The van der Waals surface area contributed by atoms with Crippen molar-refractivity contribution in [1.29, 1.82) is 0 Å². The molecule has 2 aliphatic rings. The van der Waals surface area contributed by atoms with Gasteiger partial charge in [-0.3, -0.25) is 9.59 Å².